The first-order chi connectivity index (χ1) is 16.1. The Hall–Kier alpha value is -2.58. The third-order valence-electron chi connectivity index (χ3n) is 7.32. The van der Waals surface area contributed by atoms with Gasteiger partial charge in [-0.25, -0.2) is 17.1 Å². The number of ether oxygens (including phenoxy) is 1. The summed E-state index contributed by atoms with van der Waals surface area (Å²) in [5.41, 5.74) is 2.51. The number of carbonyl (C=O) groups excluding carboxylic acids is 2. The molecule has 1 saturated carbocycles. The standard InChI is InChI=1S/C26H30FNO5S/c1-4-34(31,32)28-11-9-26(10-12-28)15-21(29)25(22(30)16-26)24-17(2)13-19(14-23(24)33-3)18-5-7-20(27)8-6-18/h5-8,13-14,25H,4,9-12,15-16H2,1-3H3. The number of hydrogen-bond donors (Lipinski definition) is 0. The maximum absolute atomic E-state index is 13.4. The van der Waals surface area contributed by atoms with Crippen molar-refractivity contribution in [3.63, 3.8) is 0 Å². The number of ketones is 2. The second-order valence-corrected chi connectivity index (χ2v) is 11.7. The van der Waals surface area contributed by atoms with Crippen LogP contribution in [0.2, 0.25) is 0 Å². The van der Waals surface area contributed by atoms with E-state index in [-0.39, 0.29) is 36.0 Å². The second-order valence-electron chi connectivity index (χ2n) is 9.43. The highest BCUT2D eigenvalue weighted by Gasteiger charge is 2.48. The van der Waals surface area contributed by atoms with Crippen LogP contribution in [-0.4, -0.2) is 50.2 Å². The van der Waals surface area contributed by atoms with Gasteiger partial charge in [-0.2, -0.15) is 0 Å². The van der Waals surface area contributed by atoms with Crippen LogP contribution in [0, 0.1) is 18.2 Å². The highest BCUT2D eigenvalue weighted by atomic mass is 32.2. The molecule has 1 saturated heterocycles. The summed E-state index contributed by atoms with van der Waals surface area (Å²) in [5.74, 6) is -0.981. The van der Waals surface area contributed by atoms with Gasteiger partial charge in [0.15, 0.2) is 0 Å². The van der Waals surface area contributed by atoms with Crippen LogP contribution in [0.3, 0.4) is 0 Å². The lowest BCUT2D eigenvalue weighted by Gasteiger charge is -2.44. The quantitative estimate of drug-likeness (QED) is 0.589. The largest absolute Gasteiger partial charge is 0.496 e. The SMILES string of the molecule is CCS(=O)(=O)N1CCC2(CC1)CC(=O)C(c1c(C)cc(-c3ccc(F)cc3)cc1OC)C(=O)C2. The van der Waals surface area contributed by atoms with Crippen LogP contribution in [0.5, 0.6) is 5.75 Å². The molecular formula is C26H30FNO5S. The monoisotopic (exact) mass is 487 g/mol. The van der Waals surface area contributed by atoms with E-state index in [0.717, 1.165) is 16.7 Å². The molecule has 6 nitrogen and oxygen atoms in total. The van der Waals surface area contributed by atoms with E-state index >= 15 is 0 Å². The first kappa shape index (κ1) is 24.5. The van der Waals surface area contributed by atoms with Crippen molar-refractivity contribution >= 4 is 21.6 Å². The molecule has 0 N–H and O–H groups in total. The van der Waals surface area contributed by atoms with Crippen molar-refractivity contribution in [1.82, 2.24) is 4.31 Å². The summed E-state index contributed by atoms with van der Waals surface area (Å²) < 4.78 is 44.8. The molecule has 2 aliphatic rings. The maximum Gasteiger partial charge on any atom is 0.213 e. The topological polar surface area (TPSA) is 80.8 Å². The third-order valence-corrected chi connectivity index (χ3v) is 9.20. The summed E-state index contributed by atoms with van der Waals surface area (Å²) >= 11 is 0. The van der Waals surface area contributed by atoms with Gasteiger partial charge < -0.3 is 4.74 Å². The lowest BCUT2D eigenvalue weighted by Crippen LogP contribution is -2.48. The molecular weight excluding hydrogens is 457 g/mol. The van der Waals surface area contributed by atoms with Crippen LogP contribution < -0.4 is 4.74 Å². The van der Waals surface area contributed by atoms with Gasteiger partial charge in [-0.05, 0) is 67.0 Å². The summed E-state index contributed by atoms with van der Waals surface area (Å²) in [5, 5.41) is 0. The summed E-state index contributed by atoms with van der Waals surface area (Å²) in [6.07, 6.45) is 1.53. The van der Waals surface area contributed by atoms with E-state index in [1.165, 1.54) is 23.5 Å². The average molecular weight is 488 g/mol. The number of aryl methyl sites for hydroxylation is 1. The van der Waals surface area contributed by atoms with Gasteiger partial charge in [0.1, 0.15) is 29.1 Å². The first-order valence-corrected chi connectivity index (χ1v) is 13.2. The van der Waals surface area contributed by atoms with Crippen molar-refractivity contribution in [2.24, 2.45) is 5.41 Å². The molecule has 0 bridgehead atoms. The average Bonchev–Trinajstić information content (AvgIpc) is 2.80. The molecule has 2 aromatic rings. The molecule has 0 radical (unpaired) electrons. The number of Topliss-reactive ketones (excluding diaryl/α,β-unsaturated/α-hetero) is 2. The molecule has 0 aromatic heterocycles. The van der Waals surface area contributed by atoms with Gasteiger partial charge in [-0.3, -0.25) is 9.59 Å². The molecule has 2 fully saturated rings. The molecule has 0 unspecified atom stereocenters. The Morgan fingerprint density at radius 1 is 1.03 bits per heavy atom. The third kappa shape index (κ3) is 4.53. The predicted octanol–water partition coefficient (Wildman–Crippen LogP) is 4.26. The minimum atomic E-state index is -3.28. The number of halogens is 1. The van der Waals surface area contributed by atoms with E-state index in [1.54, 1.807) is 25.1 Å². The molecule has 0 atom stereocenters. The van der Waals surface area contributed by atoms with E-state index in [1.807, 2.05) is 13.0 Å². The molecule has 1 heterocycles. The molecule has 182 valence electrons. The zero-order chi connectivity index (χ0) is 24.7. The number of piperidine rings is 1. The normalized spacial score (nSPS) is 19.5. The second kappa shape index (κ2) is 9.23. The van der Waals surface area contributed by atoms with Crippen molar-refractivity contribution in [2.45, 2.75) is 45.4 Å². The van der Waals surface area contributed by atoms with Gasteiger partial charge in [0.2, 0.25) is 10.0 Å². The van der Waals surface area contributed by atoms with Crippen LogP contribution in [-0.2, 0) is 19.6 Å². The Morgan fingerprint density at radius 2 is 1.62 bits per heavy atom. The molecule has 8 heteroatoms. The van der Waals surface area contributed by atoms with E-state index in [9.17, 15) is 22.4 Å². The van der Waals surface area contributed by atoms with Gasteiger partial charge in [0.25, 0.3) is 0 Å². The highest BCUT2D eigenvalue weighted by Crippen LogP contribution is 2.48. The number of nitrogens with zero attached hydrogens (tertiary/aromatic N) is 1. The van der Waals surface area contributed by atoms with Crippen LogP contribution >= 0.6 is 0 Å². The van der Waals surface area contributed by atoms with Crippen LogP contribution in [0.15, 0.2) is 36.4 Å². The molecule has 1 aliphatic heterocycles. The smallest absolute Gasteiger partial charge is 0.213 e. The van der Waals surface area contributed by atoms with Gasteiger partial charge in [-0.15, -0.1) is 0 Å². The summed E-state index contributed by atoms with van der Waals surface area (Å²) in [6, 6.07) is 9.80. The van der Waals surface area contributed by atoms with E-state index in [2.05, 4.69) is 0 Å². The number of benzene rings is 2. The van der Waals surface area contributed by atoms with Crippen molar-refractivity contribution in [1.29, 1.82) is 0 Å². The zero-order valence-corrected chi connectivity index (χ0v) is 20.6. The summed E-state index contributed by atoms with van der Waals surface area (Å²) in [6.45, 7) is 4.16. The number of methoxy groups -OCH3 is 1. The number of rotatable bonds is 5. The van der Waals surface area contributed by atoms with Crippen molar-refractivity contribution < 1.29 is 27.1 Å². The fourth-order valence-corrected chi connectivity index (χ4v) is 6.50. The van der Waals surface area contributed by atoms with Gasteiger partial charge in [0.05, 0.1) is 12.9 Å². The Labute approximate surface area is 200 Å². The van der Waals surface area contributed by atoms with Crippen LogP contribution in [0.4, 0.5) is 4.39 Å². The summed E-state index contributed by atoms with van der Waals surface area (Å²) in [4.78, 5) is 26.8. The number of hydrogen-bond acceptors (Lipinski definition) is 5. The van der Waals surface area contributed by atoms with Gasteiger partial charge >= 0.3 is 0 Å². The van der Waals surface area contributed by atoms with E-state index < -0.39 is 21.4 Å². The van der Waals surface area contributed by atoms with Crippen molar-refractivity contribution in [2.75, 3.05) is 26.0 Å². The number of sulfonamides is 1. The van der Waals surface area contributed by atoms with Crippen molar-refractivity contribution in [3.05, 3.63) is 53.3 Å². The Morgan fingerprint density at radius 3 is 2.15 bits per heavy atom. The van der Waals surface area contributed by atoms with Gasteiger partial charge in [-0.1, -0.05) is 18.2 Å². The fraction of sp³-hybridized carbons (Fsp3) is 0.462. The lowest BCUT2D eigenvalue weighted by molar-refractivity contribution is -0.138. The molecule has 1 aliphatic carbocycles. The Balaban J connectivity index is 1.60. The molecule has 0 amide bonds. The van der Waals surface area contributed by atoms with E-state index in [0.29, 0.717) is 37.2 Å². The van der Waals surface area contributed by atoms with E-state index in [4.69, 9.17) is 4.74 Å². The molecule has 34 heavy (non-hydrogen) atoms. The fourth-order valence-electron chi connectivity index (χ4n) is 5.40. The molecule has 1 spiro atoms. The maximum atomic E-state index is 13.4. The zero-order valence-electron chi connectivity index (χ0n) is 19.8. The minimum absolute atomic E-state index is 0.0485. The van der Waals surface area contributed by atoms with Crippen LogP contribution in [0.1, 0.15) is 49.7 Å². The van der Waals surface area contributed by atoms with Crippen LogP contribution in [0.25, 0.3) is 11.1 Å². The van der Waals surface area contributed by atoms with Gasteiger partial charge in [0, 0.05) is 31.5 Å². The van der Waals surface area contributed by atoms with Crippen molar-refractivity contribution in [3.8, 4) is 16.9 Å². The molecule has 4 rings (SSSR count). The summed E-state index contributed by atoms with van der Waals surface area (Å²) in [7, 11) is -1.77. The first-order valence-electron chi connectivity index (χ1n) is 11.6. The Kier molecular flexibility index (Phi) is 6.66. The Bertz CT molecular complexity index is 1190. The predicted molar refractivity (Wildman–Crippen MR) is 128 cm³/mol. The number of carbonyl (C=O) groups is 2. The minimum Gasteiger partial charge on any atom is -0.496 e. The lowest BCUT2D eigenvalue weighted by atomic mass is 9.63. The highest BCUT2D eigenvalue weighted by molar-refractivity contribution is 7.89. The molecule has 2 aromatic carbocycles.